The summed E-state index contributed by atoms with van der Waals surface area (Å²) in [4.78, 5) is 18.5. The van der Waals surface area contributed by atoms with Crippen LogP contribution >= 0.6 is 11.3 Å². The van der Waals surface area contributed by atoms with E-state index in [4.69, 9.17) is 0 Å². The molecule has 1 aromatic carbocycles. The SMILES string of the molecule is Cc1nc(CN2CCC3(CC2)CN(c2ncccn2)c2ccccc23)cs1. The topological polar surface area (TPSA) is 45.2 Å². The minimum absolute atomic E-state index is 0.199. The Labute approximate surface area is 163 Å². The van der Waals surface area contributed by atoms with Crippen LogP contribution in [0.15, 0.2) is 48.1 Å². The molecule has 0 bridgehead atoms. The summed E-state index contributed by atoms with van der Waals surface area (Å²) >= 11 is 1.74. The van der Waals surface area contributed by atoms with E-state index in [1.807, 2.05) is 18.5 Å². The smallest absolute Gasteiger partial charge is 0.229 e. The molecule has 0 atom stereocenters. The molecule has 27 heavy (non-hydrogen) atoms. The van der Waals surface area contributed by atoms with Gasteiger partial charge in [0.15, 0.2) is 0 Å². The lowest BCUT2D eigenvalue weighted by atomic mass is 9.74. The molecule has 138 valence electrons. The third kappa shape index (κ3) is 3.03. The van der Waals surface area contributed by atoms with E-state index in [1.54, 1.807) is 11.3 Å². The maximum Gasteiger partial charge on any atom is 0.229 e. The van der Waals surface area contributed by atoms with Crippen molar-refractivity contribution >= 4 is 23.0 Å². The van der Waals surface area contributed by atoms with Gasteiger partial charge in [-0.25, -0.2) is 15.0 Å². The second kappa shape index (κ2) is 6.69. The minimum Gasteiger partial charge on any atom is -0.309 e. The van der Waals surface area contributed by atoms with Crippen LogP contribution in [0.2, 0.25) is 0 Å². The van der Waals surface area contributed by atoms with Crippen molar-refractivity contribution in [3.63, 3.8) is 0 Å². The van der Waals surface area contributed by atoms with Gasteiger partial charge in [0.1, 0.15) is 0 Å². The predicted octanol–water partition coefficient (Wildman–Crippen LogP) is 3.93. The highest BCUT2D eigenvalue weighted by atomic mass is 32.1. The highest BCUT2D eigenvalue weighted by Crippen LogP contribution is 2.48. The lowest BCUT2D eigenvalue weighted by molar-refractivity contribution is 0.159. The molecule has 5 rings (SSSR count). The molecule has 1 spiro atoms. The summed E-state index contributed by atoms with van der Waals surface area (Å²) in [5.41, 5.74) is 4.14. The van der Waals surface area contributed by atoms with Gasteiger partial charge >= 0.3 is 0 Å². The predicted molar refractivity (Wildman–Crippen MR) is 109 cm³/mol. The average molecular weight is 378 g/mol. The van der Waals surface area contributed by atoms with Crippen molar-refractivity contribution in [1.29, 1.82) is 0 Å². The number of thiazole rings is 1. The Morgan fingerprint density at radius 2 is 1.85 bits per heavy atom. The van der Waals surface area contributed by atoms with Gasteiger partial charge in [-0.05, 0) is 50.6 Å². The molecule has 6 heteroatoms. The zero-order valence-electron chi connectivity index (χ0n) is 15.5. The van der Waals surface area contributed by atoms with Crippen molar-refractivity contribution in [2.45, 2.75) is 31.7 Å². The number of fused-ring (bicyclic) bond motifs is 2. The Morgan fingerprint density at radius 1 is 1.07 bits per heavy atom. The molecule has 0 aliphatic carbocycles. The molecule has 0 N–H and O–H groups in total. The molecule has 1 fully saturated rings. The molecule has 2 aliphatic heterocycles. The summed E-state index contributed by atoms with van der Waals surface area (Å²) in [6.45, 7) is 6.23. The van der Waals surface area contributed by atoms with E-state index in [2.05, 4.69) is 61.3 Å². The zero-order valence-corrected chi connectivity index (χ0v) is 16.3. The summed E-state index contributed by atoms with van der Waals surface area (Å²) in [5, 5.41) is 3.35. The van der Waals surface area contributed by atoms with Crippen LogP contribution in [0.3, 0.4) is 0 Å². The molecule has 0 amide bonds. The number of hydrogen-bond donors (Lipinski definition) is 0. The van der Waals surface area contributed by atoms with Gasteiger partial charge in [0, 0.05) is 42.0 Å². The molecule has 2 aliphatic rings. The van der Waals surface area contributed by atoms with E-state index < -0.39 is 0 Å². The first-order valence-electron chi connectivity index (χ1n) is 9.51. The Hall–Kier alpha value is -2.31. The fraction of sp³-hybridized carbons (Fsp3) is 0.381. The van der Waals surface area contributed by atoms with Crippen molar-refractivity contribution in [3.05, 3.63) is 64.4 Å². The molecule has 5 nitrogen and oxygen atoms in total. The van der Waals surface area contributed by atoms with E-state index in [9.17, 15) is 0 Å². The Balaban J connectivity index is 1.38. The Morgan fingerprint density at radius 3 is 2.59 bits per heavy atom. The molecular weight excluding hydrogens is 354 g/mol. The minimum atomic E-state index is 0.199. The van der Waals surface area contributed by atoms with Gasteiger partial charge in [-0.1, -0.05) is 18.2 Å². The second-order valence-electron chi connectivity index (χ2n) is 7.57. The van der Waals surface area contributed by atoms with E-state index in [1.165, 1.54) is 16.9 Å². The average Bonchev–Trinajstić information content (AvgIpc) is 3.26. The number of aromatic nitrogens is 3. The highest BCUT2D eigenvalue weighted by Gasteiger charge is 2.45. The van der Waals surface area contributed by atoms with E-state index >= 15 is 0 Å². The van der Waals surface area contributed by atoms with Gasteiger partial charge in [0.05, 0.1) is 10.7 Å². The number of benzene rings is 1. The van der Waals surface area contributed by atoms with E-state index in [-0.39, 0.29) is 5.41 Å². The second-order valence-corrected chi connectivity index (χ2v) is 8.63. The third-order valence-electron chi connectivity index (χ3n) is 5.89. The van der Waals surface area contributed by atoms with Gasteiger partial charge in [0.2, 0.25) is 5.95 Å². The largest absolute Gasteiger partial charge is 0.309 e. The van der Waals surface area contributed by atoms with Crippen molar-refractivity contribution in [2.24, 2.45) is 0 Å². The standard InChI is InChI=1S/C21H23N5S/c1-16-24-17(14-27-16)13-25-11-7-21(8-12-25)15-26(20-22-9-4-10-23-20)19-6-3-2-5-18(19)21/h2-6,9-10,14H,7-8,11-13,15H2,1H3. The lowest BCUT2D eigenvalue weighted by Gasteiger charge is -2.39. The lowest BCUT2D eigenvalue weighted by Crippen LogP contribution is -2.44. The van der Waals surface area contributed by atoms with Crippen LogP contribution in [0.5, 0.6) is 0 Å². The van der Waals surface area contributed by atoms with Gasteiger partial charge in [0.25, 0.3) is 0 Å². The molecular formula is C21H23N5S. The fourth-order valence-corrected chi connectivity index (χ4v) is 5.12. The Bertz CT molecular complexity index is 931. The molecule has 0 radical (unpaired) electrons. The van der Waals surface area contributed by atoms with Crippen LogP contribution in [-0.2, 0) is 12.0 Å². The molecule has 0 unspecified atom stereocenters. The van der Waals surface area contributed by atoms with Gasteiger partial charge in [-0.2, -0.15) is 0 Å². The number of piperidine rings is 1. The number of rotatable bonds is 3. The van der Waals surface area contributed by atoms with Crippen molar-refractivity contribution in [3.8, 4) is 0 Å². The zero-order chi connectivity index (χ0) is 18.3. The van der Waals surface area contributed by atoms with Crippen LogP contribution in [0.1, 0.15) is 29.1 Å². The van der Waals surface area contributed by atoms with Crippen LogP contribution < -0.4 is 4.90 Å². The number of nitrogens with zero attached hydrogens (tertiary/aromatic N) is 5. The van der Waals surface area contributed by atoms with Gasteiger partial charge in [-0.15, -0.1) is 11.3 Å². The first kappa shape index (κ1) is 16.8. The summed E-state index contributed by atoms with van der Waals surface area (Å²) in [5.74, 6) is 0.808. The molecule has 4 heterocycles. The maximum absolute atomic E-state index is 4.63. The quantitative estimate of drug-likeness (QED) is 0.692. The van der Waals surface area contributed by atoms with Crippen LogP contribution in [0.4, 0.5) is 11.6 Å². The Kier molecular flexibility index (Phi) is 4.17. The molecule has 3 aromatic rings. The van der Waals surface area contributed by atoms with Crippen molar-refractivity contribution in [2.75, 3.05) is 24.5 Å². The summed E-state index contributed by atoms with van der Waals surface area (Å²) in [6, 6.07) is 10.7. The van der Waals surface area contributed by atoms with Gasteiger partial charge < -0.3 is 4.90 Å². The molecule has 1 saturated heterocycles. The van der Waals surface area contributed by atoms with Crippen molar-refractivity contribution in [1.82, 2.24) is 19.9 Å². The summed E-state index contributed by atoms with van der Waals surface area (Å²) < 4.78 is 0. The normalized spacial score (nSPS) is 18.8. The number of aryl methyl sites for hydroxylation is 1. The van der Waals surface area contributed by atoms with Crippen LogP contribution in [0, 0.1) is 6.92 Å². The summed E-state index contributed by atoms with van der Waals surface area (Å²) in [7, 11) is 0. The van der Waals surface area contributed by atoms with Crippen LogP contribution in [0.25, 0.3) is 0 Å². The van der Waals surface area contributed by atoms with E-state index in [0.29, 0.717) is 0 Å². The van der Waals surface area contributed by atoms with Crippen molar-refractivity contribution < 1.29 is 0 Å². The van der Waals surface area contributed by atoms with Crippen LogP contribution in [-0.4, -0.2) is 39.5 Å². The van der Waals surface area contributed by atoms with Gasteiger partial charge in [-0.3, -0.25) is 4.90 Å². The number of likely N-dealkylation sites (tertiary alicyclic amines) is 1. The number of anilines is 2. The molecule has 0 saturated carbocycles. The van der Waals surface area contributed by atoms with E-state index in [0.717, 1.165) is 50.0 Å². The maximum atomic E-state index is 4.63. The third-order valence-corrected chi connectivity index (χ3v) is 6.71. The fourth-order valence-electron chi connectivity index (χ4n) is 4.52. The number of hydrogen-bond acceptors (Lipinski definition) is 6. The first-order chi connectivity index (χ1) is 13.2. The molecule has 2 aromatic heterocycles. The first-order valence-corrected chi connectivity index (χ1v) is 10.4. The highest BCUT2D eigenvalue weighted by molar-refractivity contribution is 7.09. The summed E-state index contributed by atoms with van der Waals surface area (Å²) in [6.07, 6.45) is 5.98. The monoisotopic (exact) mass is 377 g/mol. The number of para-hydroxylation sites is 1.